The molecule has 2 rings (SSSR count). The molecule has 178 valence electrons. The third-order valence-corrected chi connectivity index (χ3v) is 12.6. The van der Waals surface area contributed by atoms with Crippen molar-refractivity contribution < 1.29 is 25.9 Å². The molecule has 0 radical (unpaired) electrons. The quantitative estimate of drug-likeness (QED) is 0.199. The van der Waals surface area contributed by atoms with Crippen molar-refractivity contribution in [3.8, 4) is 0 Å². The van der Waals surface area contributed by atoms with E-state index in [9.17, 15) is 25.9 Å². The predicted molar refractivity (Wildman–Crippen MR) is 136 cm³/mol. The molecule has 0 heterocycles. The fourth-order valence-electron chi connectivity index (χ4n) is 3.37. The van der Waals surface area contributed by atoms with Gasteiger partial charge in [-0.3, -0.25) is 9.11 Å². The van der Waals surface area contributed by atoms with Crippen LogP contribution >= 0.6 is 17.2 Å². The van der Waals surface area contributed by atoms with E-state index in [4.69, 9.17) is 0 Å². The zero-order valence-electron chi connectivity index (χ0n) is 17.9. The largest absolute Gasteiger partial charge is 0.285 e. The van der Waals surface area contributed by atoms with E-state index in [2.05, 4.69) is 0 Å². The van der Waals surface area contributed by atoms with E-state index in [1.807, 2.05) is 60.7 Å². The summed E-state index contributed by atoms with van der Waals surface area (Å²) in [5, 5.41) is 0. The maximum absolute atomic E-state index is 11.7. The van der Waals surface area contributed by atoms with Crippen LogP contribution < -0.4 is 0 Å². The van der Waals surface area contributed by atoms with Gasteiger partial charge in [0.25, 0.3) is 20.2 Å². The summed E-state index contributed by atoms with van der Waals surface area (Å²) >= 11 is 0. The fourth-order valence-corrected chi connectivity index (χ4v) is 8.85. The first-order valence-electron chi connectivity index (χ1n) is 10.6. The Bertz CT molecular complexity index is 916. The van der Waals surface area contributed by atoms with Gasteiger partial charge in [0.2, 0.25) is 0 Å². The minimum absolute atomic E-state index is 0.100. The van der Waals surface area contributed by atoms with Crippen LogP contribution in [0.5, 0.6) is 0 Å². The van der Waals surface area contributed by atoms with Gasteiger partial charge in [-0.1, -0.05) is 60.7 Å². The second-order valence-corrected chi connectivity index (χ2v) is 14.9. The lowest BCUT2D eigenvalue weighted by atomic mass is 10.1. The van der Waals surface area contributed by atoms with E-state index in [0.29, 0.717) is 38.0 Å². The van der Waals surface area contributed by atoms with Crippen LogP contribution in [-0.4, -0.2) is 48.2 Å². The second kappa shape index (κ2) is 13.7. The smallest absolute Gasteiger partial charge is 0.271 e. The Kier molecular flexibility index (Phi) is 11.7. The minimum Gasteiger partial charge on any atom is -0.285 e. The van der Waals surface area contributed by atoms with Gasteiger partial charge in [-0.25, -0.2) is 0 Å². The molecule has 10 heteroatoms. The minimum atomic E-state index is -4.09. The molecule has 0 saturated carbocycles. The molecule has 6 nitrogen and oxygen atoms in total. The molecule has 0 fully saturated rings. The van der Waals surface area contributed by atoms with Crippen molar-refractivity contribution in [1.82, 2.24) is 0 Å². The van der Waals surface area contributed by atoms with E-state index >= 15 is 0 Å². The van der Waals surface area contributed by atoms with Gasteiger partial charge in [0.05, 0.1) is 0 Å². The van der Waals surface area contributed by atoms with Gasteiger partial charge in [-0.05, 0) is 62.0 Å². The average Bonchev–Trinajstić information content (AvgIpc) is 2.74. The van der Waals surface area contributed by atoms with Crippen molar-refractivity contribution in [1.29, 1.82) is 0 Å². The summed E-state index contributed by atoms with van der Waals surface area (Å²) in [7, 11) is -7.98. The Morgan fingerprint density at radius 3 is 1.28 bits per heavy atom. The molecule has 2 aromatic rings. The van der Waals surface area contributed by atoms with Crippen molar-refractivity contribution in [2.24, 2.45) is 0 Å². The van der Waals surface area contributed by atoms with Crippen LogP contribution in [0, 0.1) is 0 Å². The van der Waals surface area contributed by atoms with Crippen molar-refractivity contribution >= 4 is 37.4 Å². The summed E-state index contributed by atoms with van der Waals surface area (Å²) in [6.07, 6.45) is 4.82. The average molecular weight is 519 g/mol. The molecule has 2 aromatic carbocycles. The first kappa shape index (κ1) is 27.4. The Labute approximate surface area is 195 Å². The highest BCUT2D eigenvalue weighted by molar-refractivity contribution is 7.92. The maximum Gasteiger partial charge on any atom is 0.271 e. The zero-order valence-corrected chi connectivity index (χ0v) is 21.6. The molecule has 0 amide bonds. The molecule has 4 unspecified atom stereocenters. The van der Waals surface area contributed by atoms with Gasteiger partial charge in [-0.15, -0.1) is 17.2 Å². The molecular formula is C22H32O6P2S2. The number of unbranched alkanes of at least 4 members (excludes halogenated alkanes) is 1. The molecule has 0 spiro atoms. The van der Waals surface area contributed by atoms with Gasteiger partial charge in [-0.2, -0.15) is 16.8 Å². The molecule has 0 saturated heterocycles. The molecule has 0 aliphatic carbocycles. The monoisotopic (exact) mass is 518 g/mol. The molecule has 0 aliphatic heterocycles. The van der Waals surface area contributed by atoms with E-state index < -0.39 is 30.2 Å². The molecular weight excluding hydrogens is 486 g/mol. The predicted octanol–water partition coefficient (Wildman–Crippen LogP) is 4.82. The van der Waals surface area contributed by atoms with E-state index in [-0.39, 0.29) is 17.2 Å². The van der Waals surface area contributed by atoms with Gasteiger partial charge < -0.3 is 0 Å². The van der Waals surface area contributed by atoms with Crippen LogP contribution in [0.3, 0.4) is 0 Å². The summed E-state index contributed by atoms with van der Waals surface area (Å²) in [4.78, 5) is -1.52. The van der Waals surface area contributed by atoms with Gasteiger partial charge in [0, 0.05) is 0 Å². The summed E-state index contributed by atoms with van der Waals surface area (Å²) in [6, 6.07) is 19.2. The fraction of sp³-hybridized carbons (Fsp3) is 0.455. The zero-order chi connectivity index (χ0) is 23.5. The Morgan fingerprint density at radius 1 is 0.625 bits per heavy atom. The van der Waals surface area contributed by atoms with E-state index in [0.717, 1.165) is 24.0 Å². The van der Waals surface area contributed by atoms with Crippen LogP contribution in [0.1, 0.15) is 36.8 Å². The summed E-state index contributed by atoms with van der Waals surface area (Å²) in [5.74, 6) is 0. The summed E-state index contributed by atoms with van der Waals surface area (Å²) in [6.45, 7) is 0. The number of rotatable bonds is 15. The number of hydrogen-bond donors (Lipinski definition) is 2. The standard InChI is InChI=1S/C22H32O6P2S2/c23-31(24,25)21(15-13-19-9-3-1-4-10-19)29-17-7-8-18-30-22(32(26,27)28)16-14-20-11-5-2-6-12-20/h1-6,9-12,21-22,29-30H,7-8,13-18H2,(H,23,24,25)(H,26,27,28). The SMILES string of the molecule is O=S(=O)(O)C(CCc1ccccc1)PCCCCPC(CCc1ccccc1)S(=O)(=O)O. The van der Waals surface area contributed by atoms with Gasteiger partial charge in [0.15, 0.2) is 0 Å². The molecule has 4 atom stereocenters. The lowest BCUT2D eigenvalue weighted by Crippen LogP contribution is -2.17. The first-order valence-corrected chi connectivity index (χ1v) is 16.2. The highest BCUT2D eigenvalue weighted by atomic mass is 32.2. The molecule has 32 heavy (non-hydrogen) atoms. The number of aryl methyl sites for hydroxylation is 2. The highest BCUT2D eigenvalue weighted by Crippen LogP contribution is 2.32. The Hall–Kier alpha value is -0.880. The maximum atomic E-state index is 11.7. The van der Waals surface area contributed by atoms with Crippen molar-refractivity contribution in [2.45, 2.75) is 48.5 Å². The number of hydrogen-bond acceptors (Lipinski definition) is 4. The van der Waals surface area contributed by atoms with Crippen molar-refractivity contribution in [2.75, 3.05) is 12.3 Å². The Balaban J connectivity index is 1.72. The van der Waals surface area contributed by atoms with E-state index in [1.165, 1.54) is 0 Å². The lowest BCUT2D eigenvalue weighted by molar-refractivity contribution is 0.474. The number of benzene rings is 2. The molecule has 0 aromatic heterocycles. The normalized spacial score (nSPS) is 14.9. The van der Waals surface area contributed by atoms with E-state index in [1.54, 1.807) is 0 Å². The van der Waals surface area contributed by atoms with Crippen LogP contribution in [0.2, 0.25) is 0 Å². The highest BCUT2D eigenvalue weighted by Gasteiger charge is 2.23. The van der Waals surface area contributed by atoms with Crippen molar-refractivity contribution in [3.63, 3.8) is 0 Å². The third kappa shape index (κ3) is 10.8. The van der Waals surface area contributed by atoms with Crippen LogP contribution in [0.4, 0.5) is 0 Å². The van der Waals surface area contributed by atoms with Crippen molar-refractivity contribution in [3.05, 3.63) is 71.8 Å². The third-order valence-electron chi connectivity index (χ3n) is 5.14. The van der Waals surface area contributed by atoms with Gasteiger partial charge in [0.1, 0.15) is 9.98 Å². The van der Waals surface area contributed by atoms with Crippen LogP contribution in [-0.2, 0) is 33.1 Å². The molecule has 0 bridgehead atoms. The summed E-state index contributed by atoms with van der Waals surface area (Å²) in [5.41, 5.74) is 2.08. The summed E-state index contributed by atoms with van der Waals surface area (Å²) < 4.78 is 66.0. The van der Waals surface area contributed by atoms with Gasteiger partial charge >= 0.3 is 0 Å². The van der Waals surface area contributed by atoms with Crippen LogP contribution in [0.15, 0.2) is 60.7 Å². The van der Waals surface area contributed by atoms with Crippen LogP contribution in [0.25, 0.3) is 0 Å². The first-order chi connectivity index (χ1) is 15.2. The topological polar surface area (TPSA) is 109 Å². The molecule has 0 aliphatic rings. The lowest BCUT2D eigenvalue weighted by Gasteiger charge is -2.15. The Morgan fingerprint density at radius 2 is 0.969 bits per heavy atom. The molecule has 2 N–H and O–H groups in total. The second-order valence-electron chi connectivity index (χ2n) is 7.67.